The van der Waals surface area contributed by atoms with Gasteiger partial charge in [0.2, 0.25) is 0 Å². The number of anilines is 2. The van der Waals surface area contributed by atoms with Crippen molar-refractivity contribution in [2.24, 2.45) is 0 Å². The normalized spacial score (nSPS) is 14.3. The van der Waals surface area contributed by atoms with Gasteiger partial charge in [0.1, 0.15) is 17.2 Å². The van der Waals surface area contributed by atoms with Gasteiger partial charge in [0.05, 0.1) is 6.20 Å². The molecule has 0 spiro atoms. The zero-order valence-electron chi connectivity index (χ0n) is 12.5. The minimum Gasteiger partial charge on any atom is -0.357 e. The fourth-order valence-electron chi connectivity index (χ4n) is 2.76. The molecule has 1 aliphatic heterocycles. The number of nitrogens with one attached hydrogen (secondary N) is 1. The van der Waals surface area contributed by atoms with Crippen LogP contribution in [-0.2, 0) is 0 Å². The van der Waals surface area contributed by atoms with Crippen LogP contribution in [0.25, 0.3) is 5.65 Å². The molecular weight excluding hydrogens is 292 g/mol. The SMILES string of the molecule is O=C(Nc1ccccn1)c1cnn2ccc(N3CCCC3)nc12. The van der Waals surface area contributed by atoms with E-state index < -0.39 is 0 Å². The summed E-state index contributed by atoms with van der Waals surface area (Å²) in [6, 6.07) is 7.30. The van der Waals surface area contributed by atoms with Crippen molar-refractivity contribution in [3.05, 3.63) is 48.4 Å². The van der Waals surface area contributed by atoms with Crippen LogP contribution in [0.2, 0.25) is 0 Å². The van der Waals surface area contributed by atoms with Gasteiger partial charge in [-0.1, -0.05) is 6.07 Å². The van der Waals surface area contributed by atoms with Crippen LogP contribution < -0.4 is 10.2 Å². The highest BCUT2D eigenvalue weighted by molar-refractivity contribution is 6.07. The Kier molecular flexibility index (Phi) is 3.38. The second-order valence-corrected chi connectivity index (χ2v) is 5.48. The Labute approximate surface area is 133 Å². The van der Waals surface area contributed by atoms with Crippen LogP contribution in [-0.4, -0.2) is 38.6 Å². The van der Waals surface area contributed by atoms with Gasteiger partial charge in [-0.2, -0.15) is 5.10 Å². The topological polar surface area (TPSA) is 75.4 Å². The van der Waals surface area contributed by atoms with E-state index in [1.165, 1.54) is 19.0 Å². The van der Waals surface area contributed by atoms with Gasteiger partial charge in [0.25, 0.3) is 5.91 Å². The highest BCUT2D eigenvalue weighted by Crippen LogP contribution is 2.20. The maximum Gasteiger partial charge on any atom is 0.262 e. The predicted molar refractivity (Wildman–Crippen MR) is 86.6 cm³/mol. The average molecular weight is 308 g/mol. The lowest BCUT2D eigenvalue weighted by atomic mass is 10.3. The van der Waals surface area contributed by atoms with E-state index in [0.29, 0.717) is 17.0 Å². The molecular formula is C16H16N6O. The van der Waals surface area contributed by atoms with Crippen molar-refractivity contribution in [3.63, 3.8) is 0 Å². The molecule has 7 nitrogen and oxygen atoms in total. The number of nitrogens with zero attached hydrogens (tertiary/aromatic N) is 5. The molecule has 4 heterocycles. The largest absolute Gasteiger partial charge is 0.357 e. The smallest absolute Gasteiger partial charge is 0.262 e. The minimum atomic E-state index is -0.259. The third-order valence-corrected chi connectivity index (χ3v) is 3.94. The van der Waals surface area contributed by atoms with E-state index >= 15 is 0 Å². The first-order valence-electron chi connectivity index (χ1n) is 7.63. The van der Waals surface area contributed by atoms with Gasteiger partial charge < -0.3 is 10.2 Å². The Bertz CT molecular complexity index is 838. The number of amides is 1. The summed E-state index contributed by atoms with van der Waals surface area (Å²) in [7, 11) is 0. The van der Waals surface area contributed by atoms with E-state index in [1.807, 2.05) is 18.3 Å². The molecule has 3 aromatic rings. The number of hydrogen-bond acceptors (Lipinski definition) is 5. The number of aromatic nitrogens is 4. The van der Waals surface area contributed by atoms with E-state index in [0.717, 1.165) is 18.9 Å². The molecule has 23 heavy (non-hydrogen) atoms. The van der Waals surface area contributed by atoms with Crippen molar-refractivity contribution >= 4 is 23.2 Å². The molecule has 0 saturated carbocycles. The first-order valence-corrected chi connectivity index (χ1v) is 7.63. The minimum absolute atomic E-state index is 0.259. The molecule has 1 saturated heterocycles. The highest BCUT2D eigenvalue weighted by Gasteiger charge is 2.18. The van der Waals surface area contributed by atoms with Gasteiger partial charge in [0, 0.05) is 25.5 Å². The summed E-state index contributed by atoms with van der Waals surface area (Å²) in [4.78, 5) is 23.4. The lowest BCUT2D eigenvalue weighted by Gasteiger charge is -2.16. The third-order valence-electron chi connectivity index (χ3n) is 3.94. The second kappa shape index (κ2) is 5.68. The van der Waals surface area contributed by atoms with Crippen molar-refractivity contribution < 1.29 is 4.79 Å². The van der Waals surface area contributed by atoms with E-state index in [-0.39, 0.29) is 5.91 Å². The van der Waals surface area contributed by atoms with Crippen LogP contribution in [0, 0.1) is 0 Å². The Morgan fingerprint density at radius 3 is 2.83 bits per heavy atom. The summed E-state index contributed by atoms with van der Waals surface area (Å²) < 4.78 is 1.62. The van der Waals surface area contributed by atoms with Crippen LogP contribution in [0.5, 0.6) is 0 Å². The highest BCUT2D eigenvalue weighted by atomic mass is 16.1. The first-order chi connectivity index (χ1) is 11.3. The number of carbonyl (C=O) groups is 1. The Morgan fingerprint density at radius 2 is 2.04 bits per heavy atom. The molecule has 0 radical (unpaired) electrons. The van der Waals surface area contributed by atoms with Gasteiger partial charge in [0.15, 0.2) is 5.65 Å². The summed E-state index contributed by atoms with van der Waals surface area (Å²) in [5, 5.41) is 6.97. The Balaban J connectivity index is 1.66. The van der Waals surface area contributed by atoms with E-state index in [1.54, 1.807) is 22.8 Å². The van der Waals surface area contributed by atoms with Crippen molar-refractivity contribution in [1.82, 2.24) is 19.6 Å². The molecule has 116 valence electrons. The van der Waals surface area contributed by atoms with Crippen molar-refractivity contribution in [1.29, 1.82) is 0 Å². The Hall–Kier alpha value is -2.96. The molecule has 1 aliphatic rings. The molecule has 0 aliphatic carbocycles. The molecule has 3 aromatic heterocycles. The van der Waals surface area contributed by atoms with Crippen LogP contribution >= 0.6 is 0 Å². The molecule has 0 unspecified atom stereocenters. The lowest BCUT2D eigenvalue weighted by Crippen LogP contribution is -2.19. The van der Waals surface area contributed by atoms with Crippen molar-refractivity contribution in [3.8, 4) is 0 Å². The number of pyridine rings is 1. The van der Waals surface area contributed by atoms with Gasteiger partial charge in [-0.25, -0.2) is 14.5 Å². The number of carbonyl (C=O) groups excluding carboxylic acids is 1. The van der Waals surface area contributed by atoms with Crippen LogP contribution in [0.1, 0.15) is 23.2 Å². The van der Waals surface area contributed by atoms with E-state index in [2.05, 4.69) is 25.3 Å². The number of hydrogen-bond donors (Lipinski definition) is 1. The molecule has 0 atom stereocenters. The van der Waals surface area contributed by atoms with Crippen LogP contribution in [0.15, 0.2) is 42.9 Å². The molecule has 4 rings (SSSR count). The molecule has 1 N–H and O–H groups in total. The van der Waals surface area contributed by atoms with E-state index in [9.17, 15) is 4.79 Å². The number of fused-ring (bicyclic) bond motifs is 1. The maximum atomic E-state index is 12.5. The maximum absolute atomic E-state index is 12.5. The summed E-state index contributed by atoms with van der Waals surface area (Å²) >= 11 is 0. The second-order valence-electron chi connectivity index (χ2n) is 5.48. The van der Waals surface area contributed by atoms with Crippen molar-refractivity contribution in [2.45, 2.75) is 12.8 Å². The van der Waals surface area contributed by atoms with Gasteiger partial charge in [-0.05, 0) is 31.0 Å². The summed E-state index contributed by atoms with van der Waals surface area (Å²) in [6.45, 7) is 2.01. The molecule has 0 aromatic carbocycles. The molecule has 0 bridgehead atoms. The zero-order valence-corrected chi connectivity index (χ0v) is 12.5. The van der Waals surface area contributed by atoms with Gasteiger partial charge >= 0.3 is 0 Å². The zero-order chi connectivity index (χ0) is 15.6. The summed E-state index contributed by atoms with van der Waals surface area (Å²) in [5.41, 5.74) is 1.000. The van der Waals surface area contributed by atoms with E-state index in [4.69, 9.17) is 0 Å². The molecule has 1 amide bonds. The Morgan fingerprint density at radius 1 is 1.17 bits per heavy atom. The third kappa shape index (κ3) is 2.61. The fraction of sp³-hybridized carbons (Fsp3) is 0.250. The van der Waals surface area contributed by atoms with Gasteiger partial charge in [-0.3, -0.25) is 4.79 Å². The van der Waals surface area contributed by atoms with Gasteiger partial charge in [-0.15, -0.1) is 0 Å². The molecule has 1 fully saturated rings. The van der Waals surface area contributed by atoms with Crippen molar-refractivity contribution in [2.75, 3.05) is 23.3 Å². The summed E-state index contributed by atoms with van der Waals surface area (Å²) in [5.74, 6) is 1.14. The monoisotopic (exact) mass is 308 g/mol. The standard InChI is InChI=1S/C16H16N6O/c23-16(19-13-5-1-2-7-17-13)12-11-18-22-10-6-14(20-15(12)22)21-8-3-4-9-21/h1-2,5-7,10-11H,3-4,8-9H2,(H,17,19,23). The quantitative estimate of drug-likeness (QED) is 0.800. The average Bonchev–Trinajstić information content (AvgIpc) is 3.25. The number of rotatable bonds is 3. The fourth-order valence-corrected chi connectivity index (χ4v) is 2.76. The van der Waals surface area contributed by atoms with Crippen LogP contribution in [0.4, 0.5) is 11.6 Å². The molecule has 7 heteroatoms. The predicted octanol–water partition coefficient (Wildman–Crippen LogP) is 1.98. The first kappa shape index (κ1) is 13.7. The lowest BCUT2D eigenvalue weighted by molar-refractivity contribution is 0.102. The van der Waals surface area contributed by atoms with Crippen LogP contribution in [0.3, 0.4) is 0 Å². The summed E-state index contributed by atoms with van der Waals surface area (Å²) in [6.07, 6.45) is 7.37.